The van der Waals surface area contributed by atoms with Gasteiger partial charge in [0.05, 0.1) is 13.2 Å². The Hall–Kier alpha value is -1.65. The highest BCUT2D eigenvalue weighted by atomic mass is 32.1. The molecule has 0 saturated carbocycles. The van der Waals surface area contributed by atoms with Crippen molar-refractivity contribution >= 4 is 22.2 Å². The number of fused-ring (bicyclic) bond motifs is 1. The number of hydrogen-bond donors (Lipinski definition) is 1. The molecule has 1 aromatic carbocycles. The fourth-order valence-electron chi connectivity index (χ4n) is 2.04. The van der Waals surface area contributed by atoms with E-state index in [1.807, 2.05) is 29.9 Å². The van der Waals surface area contributed by atoms with Crippen LogP contribution in [0.25, 0.3) is 10.9 Å². The third-order valence-electron chi connectivity index (χ3n) is 2.86. The quantitative estimate of drug-likeness (QED) is 0.769. The van der Waals surface area contributed by atoms with E-state index in [9.17, 15) is 5.11 Å². The Bertz CT molecular complexity index is 628. The maximum absolute atomic E-state index is 9.28. The molecule has 0 atom stereocenters. The zero-order chi connectivity index (χ0) is 11.7. The first-order valence-electron chi connectivity index (χ1n) is 5.44. The first-order chi connectivity index (χ1) is 8.38. The SMILES string of the molecule is OCc1cccc2c1ccn2Cc1nccs1. The van der Waals surface area contributed by atoms with Gasteiger partial charge in [-0.15, -0.1) is 11.3 Å². The average molecular weight is 244 g/mol. The topological polar surface area (TPSA) is 38.0 Å². The highest BCUT2D eigenvalue weighted by molar-refractivity contribution is 7.09. The Kier molecular flexibility index (Phi) is 2.66. The summed E-state index contributed by atoms with van der Waals surface area (Å²) in [6, 6.07) is 8.05. The van der Waals surface area contributed by atoms with Gasteiger partial charge in [-0.2, -0.15) is 0 Å². The molecule has 3 nitrogen and oxygen atoms in total. The first-order valence-corrected chi connectivity index (χ1v) is 6.32. The van der Waals surface area contributed by atoms with E-state index in [0.717, 1.165) is 28.0 Å². The van der Waals surface area contributed by atoms with Crippen LogP contribution in [0, 0.1) is 0 Å². The van der Waals surface area contributed by atoms with Crippen molar-refractivity contribution in [2.45, 2.75) is 13.2 Å². The molecule has 4 heteroatoms. The maximum Gasteiger partial charge on any atom is 0.112 e. The van der Waals surface area contributed by atoms with Gasteiger partial charge in [-0.25, -0.2) is 4.98 Å². The van der Waals surface area contributed by atoms with E-state index in [1.165, 1.54) is 0 Å². The van der Waals surface area contributed by atoms with Crippen molar-refractivity contribution in [1.29, 1.82) is 0 Å². The monoisotopic (exact) mass is 244 g/mol. The summed E-state index contributed by atoms with van der Waals surface area (Å²) < 4.78 is 2.16. The summed E-state index contributed by atoms with van der Waals surface area (Å²) in [5.41, 5.74) is 2.12. The molecule has 2 aromatic heterocycles. The molecule has 0 aliphatic rings. The number of nitrogens with zero attached hydrogens (tertiary/aromatic N) is 2. The van der Waals surface area contributed by atoms with Gasteiger partial charge in [-0.1, -0.05) is 12.1 Å². The molecule has 3 rings (SSSR count). The summed E-state index contributed by atoms with van der Waals surface area (Å²) in [5, 5.41) is 13.5. The Balaban J connectivity index is 2.06. The highest BCUT2D eigenvalue weighted by Gasteiger charge is 2.05. The highest BCUT2D eigenvalue weighted by Crippen LogP contribution is 2.21. The normalized spacial score (nSPS) is 11.1. The molecule has 0 aliphatic carbocycles. The van der Waals surface area contributed by atoms with Crippen molar-refractivity contribution in [1.82, 2.24) is 9.55 Å². The van der Waals surface area contributed by atoms with E-state index in [4.69, 9.17) is 0 Å². The summed E-state index contributed by atoms with van der Waals surface area (Å²) in [5.74, 6) is 0. The third kappa shape index (κ3) is 1.85. The van der Waals surface area contributed by atoms with E-state index >= 15 is 0 Å². The van der Waals surface area contributed by atoms with Gasteiger partial charge in [0.2, 0.25) is 0 Å². The molecule has 0 unspecified atom stereocenters. The molecule has 86 valence electrons. The molecular formula is C13H12N2OS. The van der Waals surface area contributed by atoms with Gasteiger partial charge in [-0.3, -0.25) is 0 Å². The van der Waals surface area contributed by atoms with E-state index in [0.29, 0.717) is 0 Å². The van der Waals surface area contributed by atoms with Gasteiger partial charge in [-0.05, 0) is 17.7 Å². The lowest BCUT2D eigenvalue weighted by Gasteiger charge is -2.04. The maximum atomic E-state index is 9.28. The van der Waals surface area contributed by atoms with E-state index in [-0.39, 0.29) is 6.61 Å². The van der Waals surface area contributed by atoms with Crippen molar-refractivity contribution in [3.63, 3.8) is 0 Å². The predicted molar refractivity (Wildman–Crippen MR) is 69.1 cm³/mol. The van der Waals surface area contributed by atoms with Crippen molar-refractivity contribution in [3.05, 3.63) is 52.6 Å². The number of aliphatic hydroxyl groups is 1. The summed E-state index contributed by atoms with van der Waals surface area (Å²) in [6.45, 7) is 0.870. The number of thiazole rings is 1. The van der Waals surface area contributed by atoms with Gasteiger partial charge in [0.15, 0.2) is 0 Å². The van der Waals surface area contributed by atoms with Crippen molar-refractivity contribution in [3.8, 4) is 0 Å². The van der Waals surface area contributed by atoms with E-state index < -0.39 is 0 Å². The smallest absolute Gasteiger partial charge is 0.112 e. The Morgan fingerprint density at radius 3 is 3.00 bits per heavy atom. The Labute approximate surface area is 103 Å². The molecule has 0 aliphatic heterocycles. The largest absolute Gasteiger partial charge is 0.392 e. The minimum atomic E-state index is 0.0819. The van der Waals surface area contributed by atoms with Crippen LogP contribution in [-0.2, 0) is 13.2 Å². The Morgan fingerprint density at radius 1 is 1.29 bits per heavy atom. The summed E-state index contributed by atoms with van der Waals surface area (Å²) in [4.78, 5) is 4.29. The second-order valence-electron chi connectivity index (χ2n) is 3.88. The van der Waals surface area contributed by atoms with Crippen LogP contribution in [0.15, 0.2) is 42.0 Å². The van der Waals surface area contributed by atoms with Gasteiger partial charge >= 0.3 is 0 Å². The molecule has 2 heterocycles. The fourth-order valence-corrected chi connectivity index (χ4v) is 2.65. The van der Waals surface area contributed by atoms with E-state index in [1.54, 1.807) is 11.3 Å². The molecule has 0 amide bonds. The van der Waals surface area contributed by atoms with Crippen molar-refractivity contribution in [2.24, 2.45) is 0 Å². The molecule has 0 radical (unpaired) electrons. The molecule has 3 aromatic rings. The summed E-state index contributed by atoms with van der Waals surface area (Å²) >= 11 is 1.66. The van der Waals surface area contributed by atoms with Crippen LogP contribution in [-0.4, -0.2) is 14.7 Å². The minimum absolute atomic E-state index is 0.0819. The lowest BCUT2D eigenvalue weighted by Crippen LogP contribution is -1.97. The summed E-state index contributed by atoms with van der Waals surface area (Å²) in [7, 11) is 0. The van der Waals surface area contributed by atoms with Crippen LogP contribution in [0.3, 0.4) is 0 Å². The second kappa shape index (κ2) is 4.31. The molecule has 1 N–H and O–H groups in total. The number of rotatable bonds is 3. The Morgan fingerprint density at radius 2 is 2.24 bits per heavy atom. The van der Waals surface area contributed by atoms with Crippen LogP contribution in [0.5, 0.6) is 0 Å². The standard InChI is InChI=1S/C13H12N2OS/c16-9-10-2-1-3-12-11(10)4-6-15(12)8-13-14-5-7-17-13/h1-7,16H,8-9H2. The molecule has 0 spiro atoms. The van der Waals surface area contributed by atoms with Crippen LogP contribution >= 0.6 is 11.3 Å². The van der Waals surface area contributed by atoms with E-state index in [2.05, 4.69) is 21.7 Å². The number of hydrogen-bond acceptors (Lipinski definition) is 3. The van der Waals surface area contributed by atoms with Gasteiger partial charge in [0.25, 0.3) is 0 Å². The van der Waals surface area contributed by atoms with Crippen LogP contribution < -0.4 is 0 Å². The number of aliphatic hydroxyl groups excluding tert-OH is 1. The number of aromatic nitrogens is 2. The van der Waals surface area contributed by atoms with Gasteiger partial charge in [0.1, 0.15) is 5.01 Å². The lowest BCUT2D eigenvalue weighted by molar-refractivity contribution is 0.283. The molecule has 0 bridgehead atoms. The molecule has 17 heavy (non-hydrogen) atoms. The van der Waals surface area contributed by atoms with Gasteiger partial charge in [0, 0.05) is 28.7 Å². The summed E-state index contributed by atoms with van der Waals surface area (Å²) in [6.07, 6.45) is 3.87. The zero-order valence-corrected chi connectivity index (χ0v) is 10.0. The molecule has 0 fully saturated rings. The molecule has 0 saturated heterocycles. The zero-order valence-electron chi connectivity index (χ0n) is 9.21. The van der Waals surface area contributed by atoms with Gasteiger partial charge < -0.3 is 9.67 Å². The van der Waals surface area contributed by atoms with Crippen LogP contribution in [0.2, 0.25) is 0 Å². The predicted octanol–water partition coefficient (Wildman–Crippen LogP) is 2.64. The fraction of sp³-hybridized carbons (Fsp3) is 0.154. The van der Waals surface area contributed by atoms with Crippen molar-refractivity contribution < 1.29 is 5.11 Å². The van der Waals surface area contributed by atoms with Crippen LogP contribution in [0.1, 0.15) is 10.6 Å². The number of benzene rings is 1. The van der Waals surface area contributed by atoms with Crippen LogP contribution in [0.4, 0.5) is 0 Å². The van der Waals surface area contributed by atoms with Crippen molar-refractivity contribution in [2.75, 3.05) is 0 Å². The minimum Gasteiger partial charge on any atom is -0.392 e. The first kappa shape index (κ1) is 10.5. The molecular weight excluding hydrogens is 232 g/mol. The lowest BCUT2D eigenvalue weighted by atomic mass is 10.1. The second-order valence-corrected chi connectivity index (χ2v) is 4.86. The average Bonchev–Trinajstić information content (AvgIpc) is 2.99. The third-order valence-corrected chi connectivity index (χ3v) is 3.63.